The number of rotatable bonds is 7. The van der Waals surface area contributed by atoms with Crippen LogP contribution in [-0.2, 0) is 9.59 Å². The first kappa shape index (κ1) is 17.4. The number of likely N-dealkylation sites (N-methyl/N-ethyl adjacent to an activating group) is 1. The molecule has 2 aromatic rings. The predicted molar refractivity (Wildman–Crippen MR) is 99.2 cm³/mol. The summed E-state index contributed by atoms with van der Waals surface area (Å²) in [6.07, 6.45) is 2.14. The van der Waals surface area contributed by atoms with Crippen LogP contribution >= 0.6 is 0 Å². The summed E-state index contributed by atoms with van der Waals surface area (Å²) in [5.74, 6) is -0.0953. The zero-order chi connectivity index (χ0) is 17.8. The number of nitrogens with zero attached hydrogens (tertiary/aromatic N) is 1. The Balaban J connectivity index is 1.55. The predicted octanol–water partition coefficient (Wildman–Crippen LogP) is 2.23. The summed E-state index contributed by atoms with van der Waals surface area (Å²) in [5.41, 5.74) is 1.10. The first-order valence-corrected chi connectivity index (χ1v) is 8.78. The van der Waals surface area contributed by atoms with E-state index in [1.807, 2.05) is 31.2 Å². The minimum atomic E-state index is -0.0905. The van der Waals surface area contributed by atoms with Gasteiger partial charge in [-0.05, 0) is 43.1 Å². The molecule has 2 aromatic carbocycles. The van der Waals surface area contributed by atoms with Crippen LogP contribution in [0.15, 0.2) is 42.5 Å². The van der Waals surface area contributed by atoms with Gasteiger partial charge in [-0.1, -0.05) is 42.5 Å². The fraction of sp³-hybridized carbons (Fsp3) is 0.400. The van der Waals surface area contributed by atoms with Gasteiger partial charge in [-0.3, -0.25) is 14.5 Å². The first-order chi connectivity index (χ1) is 12.0. The van der Waals surface area contributed by atoms with Crippen molar-refractivity contribution >= 4 is 22.6 Å². The van der Waals surface area contributed by atoms with E-state index in [2.05, 4.69) is 28.8 Å². The van der Waals surface area contributed by atoms with E-state index in [1.54, 1.807) is 11.9 Å². The van der Waals surface area contributed by atoms with Crippen LogP contribution in [0.25, 0.3) is 10.8 Å². The molecular formula is C20H25N3O2. The largest absolute Gasteiger partial charge is 0.352 e. The summed E-state index contributed by atoms with van der Waals surface area (Å²) < 4.78 is 0. The second-order valence-corrected chi connectivity index (χ2v) is 6.87. The third-order valence-corrected chi connectivity index (χ3v) is 4.44. The maximum absolute atomic E-state index is 12.3. The molecule has 1 fully saturated rings. The quantitative estimate of drug-likeness (QED) is 0.813. The molecule has 5 heteroatoms. The molecule has 0 radical (unpaired) electrons. The third-order valence-electron chi connectivity index (χ3n) is 4.44. The first-order valence-electron chi connectivity index (χ1n) is 8.78. The normalized spacial score (nSPS) is 15.2. The standard InChI is InChI=1S/C20H25N3O2/c1-14(17-9-5-7-15-6-3-4-8-18(15)17)21-19(24)12-23(2)13-20(25)22-16-10-11-16/h3-9,14,16H,10-13H2,1-2H3,(H,21,24)(H,22,25). The molecule has 0 saturated heterocycles. The lowest BCUT2D eigenvalue weighted by molar-refractivity contribution is -0.125. The van der Waals surface area contributed by atoms with Crippen molar-refractivity contribution in [2.24, 2.45) is 0 Å². The minimum absolute atomic E-state index is 0.0140. The van der Waals surface area contributed by atoms with Crippen molar-refractivity contribution in [3.05, 3.63) is 48.0 Å². The van der Waals surface area contributed by atoms with Crippen molar-refractivity contribution in [1.82, 2.24) is 15.5 Å². The van der Waals surface area contributed by atoms with Gasteiger partial charge >= 0.3 is 0 Å². The fourth-order valence-corrected chi connectivity index (χ4v) is 3.04. The number of hydrogen-bond donors (Lipinski definition) is 2. The number of benzene rings is 2. The molecule has 3 rings (SSSR count). The Kier molecular flexibility index (Phi) is 5.34. The Hall–Kier alpha value is -2.40. The molecule has 0 spiro atoms. The monoisotopic (exact) mass is 339 g/mol. The van der Waals surface area contributed by atoms with Crippen LogP contribution < -0.4 is 10.6 Å². The van der Waals surface area contributed by atoms with Crippen LogP contribution in [-0.4, -0.2) is 42.9 Å². The average Bonchev–Trinajstić information content (AvgIpc) is 3.37. The summed E-state index contributed by atoms with van der Waals surface area (Å²) in [6, 6.07) is 14.5. The average molecular weight is 339 g/mol. The van der Waals surface area contributed by atoms with Crippen LogP contribution in [0, 0.1) is 0 Å². The molecular weight excluding hydrogens is 314 g/mol. The number of carbonyl (C=O) groups is 2. The smallest absolute Gasteiger partial charge is 0.234 e. The minimum Gasteiger partial charge on any atom is -0.352 e. The van der Waals surface area contributed by atoms with Gasteiger partial charge in [-0.2, -0.15) is 0 Å². The van der Waals surface area contributed by atoms with Crippen LogP contribution in [0.3, 0.4) is 0 Å². The second kappa shape index (κ2) is 7.66. The van der Waals surface area contributed by atoms with Gasteiger partial charge in [0.25, 0.3) is 0 Å². The molecule has 5 nitrogen and oxygen atoms in total. The molecule has 0 aromatic heterocycles. The highest BCUT2D eigenvalue weighted by Gasteiger charge is 2.24. The Morgan fingerprint density at radius 2 is 1.76 bits per heavy atom. The Labute approximate surface area is 148 Å². The van der Waals surface area contributed by atoms with Gasteiger partial charge in [0, 0.05) is 6.04 Å². The zero-order valence-corrected chi connectivity index (χ0v) is 14.8. The van der Waals surface area contributed by atoms with E-state index >= 15 is 0 Å². The zero-order valence-electron chi connectivity index (χ0n) is 14.8. The highest BCUT2D eigenvalue weighted by atomic mass is 16.2. The molecule has 2 amide bonds. The van der Waals surface area contributed by atoms with Crippen LogP contribution in [0.4, 0.5) is 0 Å². The Morgan fingerprint density at radius 1 is 1.08 bits per heavy atom. The Bertz CT molecular complexity index is 765. The number of nitrogens with one attached hydrogen (secondary N) is 2. The molecule has 1 atom stereocenters. The lowest BCUT2D eigenvalue weighted by atomic mass is 10.00. The SMILES string of the molecule is CC(NC(=O)CN(C)CC(=O)NC1CC1)c1cccc2ccccc12. The molecule has 1 aliphatic carbocycles. The van der Waals surface area contributed by atoms with Crippen LogP contribution in [0.1, 0.15) is 31.4 Å². The van der Waals surface area contributed by atoms with E-state index in [-0.39, 0.29) is 30.9 Å². The molecule has 25 heavy (non-hydrogen) atoms. The van der Waals surface area contributed by atoms with E-state index in [4.69, 9.17) is 0 Å². The van der Waals surface area contributed by atoms with Crippen LogP contribution in [0.5, 0.6) is 0 Å². The van der Waals surface area contributed by atoms with Crippen molar-refractivity contribution in [3.8, 4) is 0 Å². The van der Waals surface area contributed by atoms with Gasteiger partial charge < -0.3 is 10.6 Å². The summed E-state index contributed by atoms with van der Waals surface area (Å²) in [5, 5.41) is 8.28. The van der Waals surface area contributed by atoms with Gasteiger partial charge in [0.1, 0.15) is 0 Å². The molecule has 1 aliphatic rings. The Morgan fingerprint density at radius 3 is 2.52 bits per heavy atom. The highest BCUT2D eigenvalue weighted by Crippen LogP contribution is 2.24. The topological polar surface area (TPSA) is 61.4 Å². The van der Waals surface area contributed by atoms with E-state index in [0.29, 0.717) is 6.04 Å². The van der Waals surface area contributed by atoms with Crippen molar-refractivity contribution in [2.45, 2.75) is 31.8 Å². The summed E-state index contributed by atoms with van der Waals surface area (Å²) in [6.45, 7) is 2.43. The lowest BCUT2D eigenvalue weighted by Gasteiger charge is -2.20. The van der Waals surface area contributed by atoms with Crippen molar-refractivity contribution < 1.29 is 9.59 Å². The van der Waals surface area contributed by atoms with Gasteiger partial charge in [0.2, 0.25) is 11.8 Å². The van der Waals surface area contributed by atoms with E-state index < -0.39 is 0 Å². The van der Waals surface area contributed by atoms with Gasteiger partial charge in [-0.15, -0.1) is 0 Å². The van der Waals surface area contributed by atoms with E-state index in [0.717, 1.165) is 29.2 Å². The molecule has 2 N–H and O–H groups in total. The van der Waals surface area contributed by atoms with Gasteiger partial charge in [-0.25, -0.2) is 0 Å². The van der Waals surface area contributed by atoms with Gasteiger partial charge in [0.05, 0.1) is 19.1 Å². The number of amides is 2. The molecule has 0 heterocycles. The summed E-state index contributed by atoms with van der Waals surface area (Å²) in [7, 11) is 1.79. The molecule has 0 bridgehead atoms. The maximum atomic E-state index is 12.3. The van der Waals surface area contributed by atoms with Crippen molar-refractivity contribution in [2.75, 3.05) is 20.1 Å². The van der Waals surface area contributed by atoms with E-state index in [1.165, 1.54) is 0 Å². The molecule has 132 valence electrons. The van der Waals surface area contributed by atoms with Crippen LogP contribution in [0.2, 0.25) is 0 Å². The maximum Gasteiger partial charge on any atom is 0.234 e. The lowest BCUT2D eigenvalue weighted by Crippen LogP contribution is -2.41. The second-order valence-electron chi connectivity index (χ2n) is 6.87. The number of fused-ring (bicyclic) bond motifs is 1. The van der Waals surface area contributed by atoms with Crippen molar-refractivity contribution in [3.63, 3.8) is 0 Å². The highest BCUT2D eigenvalue weighted by molar-refractivity contribution is 5.87. The molecule has 1 unspecified atom stereocenters. The number of hydrogen-bond acceptors (Lipinski definition) is 3. The molecule has 1 saturated carbocycles. The fourth-order valence-electron chi connectivity index (χ4n) is 3.04. The number of carbonyl (C=O) groups excluding carboxylic acids is 2. The molecule has 0 aliphatic heterocycles. The third kappa shape index (κ3) is 4.79. The van der Waals surface area contributed by atoms with Gasteiger partial charge in [0.15, 0.2) is 0 Å². The van der Waals surface area contributed by atoms with E-state index in [9.17, 15) is 9.59 Å². The summed E-state index contributed by atoms with van der Waals surface area (Å²) >= 11 is 0. The summed E-state index contributed by atoms with van der Waals surface area (Å²) in [4.78, 5) is 25.8. The van der Waals surface area contributed by atoms with Crippen molar-refractivity contribution in [1.29, 1.82) is 0 Å².